The van der Waals surface area contributed by atoms with E-state index in [4.69, 9.17) is 4.74 Å². The third kappa shape index (κ3) is 6.85. The number of ether oxygens (including phenoxy) is 1. The summed E-state index contributed by atoms with van der Waals surface area (Å²) < 4.78 is 4.72. The van der Waals surface area contributed by atoms with Crippen molar-refractivity contribution in [3.05, 3.63) is 59.4 Å². The van der Waals surface area contributed by atoms with Gasteiger partial charge in [0.1, 0.15) is 0 Å². The second-order valence-electron chi connectivity index (χ2n) is 4.65. The molecule has 0 amide bonds. The van der Waals surface area contributed by atoms with Gasteiger partial charge < -0.3 is 24.5 Å². The molecule has 0 radical (unpaired) electrons. The molecule has 2 aromatic rings. The van der Waals surface area contributed by atoms with Crippen molar-refractivity contribution >= 4 is 41.1 Å². The Kier molecular flexibility index (Phi) is 9.52. The van der Waals surface area contributed by atoms with Crippen molar-refractivity contribution < 1.29 is 34.1 Å². The van der Waals surface area contributed by atoms with Crippen LogP contribution >= 0.6 is 0 Å². The van der Waals surface area contributed by atoms with Gasteiger partial charge in [-0.3, -0.25) is 14.6 Å². The molecule has 1 aromatic carbocycles. The molecule has 1 aromatic heterocycles. The first-order valence-electron chi connectivity index (χ1n) is 6.89. The second-order valence-corrected chi connectivity index (χ2v) is 4.65. The van der Waals surface area contributed by atoms with Crippen LogP contribution in [0.4, 0.5) is 0 Å². The fourth-order valence-corrected chi connectivity index (χ4v) is 1.71. The fraction of sp³-hybridized carbons (Fsp3) is 0.118. The standard InChI is InChI=1S/C11H10O5.C6H5NO2.Al/c1-6(12)8-4-3-5-9(11(14)15)10(8)16-7(2)13;8-6(9)5-2-1-3-7-4-5;/h3-5H,1-2H3,(H,14,15);1-4H,(H,8,9);/q;;+3/p-2. The van der Waals surface area contributed by atoms with Crippen LogP contribution in [-0.2, 0) is 4.79 Å². The summed E-state index contributed by atoms with van der Waals surface area (Å²) >= 11 is 0. The van der Waals surface area contributed by atoms with Gasteiger partial charge in [0.05, 0.1) is 17.5 Å². The van der Waals surface area contributed by atoms with Crippen LogP contribution in [0.2, 0.25) is 0 Å². The zero-order chi connectivity index (χ0) is 19.0. The van der Waals surface area contributed by atoms with Gasteiger partial charge in [-0.05, 0) is 25.1 Å². The van der Waals surface area contributed by atoms with Crippen LogP contribution in [0.15, 0.2) is 42.7 Å². The Morgan fingerprint density at radius 1 is 0.923 bits per heavy atom. The number of benzene rings is 1. The zero-order valence-corrected chi connectivity index (χ0v) is 15.1. The van der Waals surface area contributed by atoms with E-state index in [0.717, 1.165) is 6.92 Å². The van der Waals surface area contributed by atoms with Crippen LogP contribution in [0.1, 0.15) is 44.9 Å². The summed E-state index contributed by atoms with van der Waals surface area (Å²) in [6.45, 7) is 2.37. The summed E-state index contributed by atoms with van der Waals surface area (Å²) in [5.41, 5.74) is -0.169. The van der Waals surface area contributed by atoms with E-state index in [2.05, 4.69) is 4.98 Å². The second kappa shape index (κ2) is 10.8. The number of para-hydroxylation sites is 1. The number of nitrogens with zero attached hydrogens (tertiary/aromatic N) is 1. The van der Waals surface area contributed by atoms with Gasteiger partial charge in [0, 0.05) is 30.4 Å². The molecule has 0 aliphatic rings. The SMILES string of the molecule is CC(=O)Oc1c(C(C)=O)cccc1C(=O)[O-].O=C([O-])c1cccnc1.[Al+3]. The number of aromatic carboxylic acids is 2. The molecule has 0 N–H and O–H groups in total. The number of carboxylic acid groups (broad SMARTS) is 2. The summed E-state index contributed by atoms with van der Waals surface area (Å²) in [5.74, 6) is -4.04. The summed E-state index contributed by atoms with van der Waals surface area (Å²) in [7, 11) is 0. The average Bonchev–Trinajstić information content (AvgIpc) is 2.55. The van der Waals surface area contributed by atoms with Crippen molar-refractivity contribution in [2.45, 2.75) is 13.8 Å². The van der Waals surface area contributed by atoms with E-state index in [1.165, 1.54) is 43.6 Å². The Morgan fingerprint density at radius 2 is 1.54 bits per heavy atom. The van der Waals surface area contributed by atoms with E-state index in [-0.39, 0.29) is 45.6 Å². The van der Waals surface area contributed by atoms with Gasteiger partial charge >= 0.3 is 23.3 Å². The van der Waals surface area contributed by atoms with E-state index >= 15 is 0 Å². The van der Waals surface area contributed by atoms with E-state index < -0.39 is 17.9 Å². The van der Waals surface area contributed by atoms with E-state index in [0.29, 0.717) is 0 Å². The molecule has 0 spiro atoms. The Hall–Kier alpha value is -3.02. The van der Waals surface area contributed by atoms with Crippen molar-refractivity contribution in [2.24, 2.45) is 0 Å². The molecule has 8 nitrogen and oxygen atoms in total. The van der Waals surface area contributed by atoms with Crippen molar-refractivity contribution in [3.63, 3.8) is 0 Å². The molecule has 0 atom stereocenters. The number of aromatic nitrogens is 1. The number of hydrogen-bond acceptors (Lipinski definition) is 8. The van der Waals surface area contributed by atoms with Crippen LogP contribution in [-0.4, -0.2) is 46.0 Å². The summed E-state index contributed by atoms with van der Waals surface area (Å²) in [4.78, 5) is 46.4. The van der Waals surface area contributed by atoms with Crippen molar-refractivity contribution in [1.29, 1.82) is 0 Å². The van der Waals surface area contributed by atoms with Gasteiger partial charge in [0.25, 0.3) is 0 Å². The number of carboxylic acids is 2. The van der Waals surface area contributed by atoms with Gasteiger partial charge in [-0.25, -0.2) is 0 Å². The predicted octanol–water partition coefficient (Wildman–Crippen LogP) is -0.758. The number of rotatable bonds is 4. The molecule has 0 unspecified atom stereocenters. The summed E-state index contributed by atoms with van der Waals surface area (Å²) in [5, 5.41) is 20.8. The maximum atomic E-state index is 11.2. The number of esters is 1. The Labute approximate surface area is 159 Å². The number of hydrogen-bond donors (Lipinski definition) is 0. The topological polar surface area (TPSA) is 137 Å². The molecule has 9 heteroatoms. The molecule has 26 heavy (non-hydrogen) atoms. The molecule has 2 rings (SSSR count). The van der Waals surface area contributed by atoms with Crippen LogP contribution in [0.5, 0.6) is 5.75 Å². The van der Waals surface area contributed by atoms with Gasteiger partial charge in [-0.1, -0.05) is 12.1 Å². The molecule has 130 valence electrons. The number of pyridine rings is 1. The molecule has 0 saturated carbocycles. The van der Waals surface area contributed by atoms with E-state index in [9.17, 15) is 29.4 Å². The normalized spacial score (nSPS) is 9.00. The van der Waals surface area contributed by atoms with E-state index in [1.54, 1.807) is 6.07 Å². The fourth-order valence-electron chi connectivity index (χ4n) is 1.71. The number of carbonyl (C=O) groups is 4. The molecule has 0 saturated heterocycles. The van der Waals surface area contributed by atoms with Crippen LogP contribution < -0.4 is 14.9 Å². The smallest absolute Gasteiger partial charge is 0.545 e. The number of carbonyl (C=O) groups excluding carboxylic acids is 4. The molecule has 0 bridgehead atoms. The third-order valence-electron chi connectivity index (χ3n) is 2.76. The summed E-state index contributed by atoms with van der Waals surface area (Å²) in [6.07, 6.45) is 2.75. The van der Waals surface area contributed by atoms with Crippen LogP contribution in [0, 0.1) is 0 Å². The minimum atomic E-state index is -1.50. The molecular weight excluding hydrogens is 357 g/mol. The quantitative estimate of drug-likeness (QED) is 0.296. The van der Waals surface area contributed by atoms with Gasteiger partial charge in [-0.15, -0.1) is 0 Å². The van der Waals surface area contributed by atoms with Crippen molar-refractivity contribution in [2.75, 3.05) is 0 Å². The predicted molar refractivity (Wildman–Crippen MR) is 86.4 cm³/mol. The molecule has 1 heterocycles. The summed E-state index contributed by atoms with van der Waals surface area (Å²) in [6, 6.07) is 6.95. The van der Waals surface area contributed by atoms with Crippen molar-refractivity contribution in [1.82, 2.24) is 4.98 Å². The minimum Gasteiger partial charge on any atom is -0.545 e. The Bertz CT molecular complexity index is 774. The van der Waals surface area contributed by atoms with Crippen molar-refractivity contribution in [3.8, 4) is 5.75 Å². The molecule has 0 aliphatic heterocycles. The molecular formula is C17H13AlNO7+. The first-order valence-corrected chi connectivity index (χ1v) is 6.89. The van der Waals surface area contributed by atoms with Crippen LogP contribution in [0.3, 0.4) is 0 Å². The van der Waals surface area contributed by atoms with Gasteiger partial charge in [0.15, 0.2) is 11.5 Å². The molecule has 0 fully saturated rings. The monoisotopic (exact) mass is 370 g/mol. The zero-order valence-electron chi connectivity index (χ0n) is 13.9. The third-order valence-corrected chi connectivity index (χ3v) is 2.76. The van der Waals surface area contributed by atoms with Gasteiger partial charge in [0.2, 0.25) is 0 Å². The molecule has 0 aliphatic carbocycles. The average molecular weight is 370 g/mol. The van der Waals surface area contributed by atoms with E-state index in [1.807, 2.05) is 0 Å². The number of Topliss-reactive ketones (excluding diaryl/α,β-unsaturated/α-hetero) is 1. The maximum Gasteiger partial charge on any atom is 3.00 e. The Balaban J connectivity index is 0.000000532. The first-order chi connectivity index (χ1) is 11.7. The van der Waals surface area contributed by atoms with Crippen LogP contribution in [0.25, 0.3) is 0 Å². The number of ketones is 1. The first kappa shape index (κ1) is 23.0. The Morgan fingerprint density at radius 3 is 1.92 bits per heavy atom. The largest absolute Gasteiger partial charge is 3.00 e. The van der Waals surface area contributed by atoms with Gasteiger partial charge in [-0.2, -0.15) is 0 Å². The minimum absolute atomic E-state index is 0. The maximum absolute atomic E-state index is 11.2.